The van der Waals surface area contributed by atoms with Crippen LogP contribution in [0.1, 0.15) is 10.4 Å². The van der Waals surface area contributed by atoms with Crippen LogP contribution in [0.3, 0.4) is 0 Å². The molecule has 1 amide bonds. The Kier molecular flexibility index (Phi) is 5.24. The molecule has 1 fully saturated rings. The average molecular weight is 431 g/mol. The van der Waals surface area contributed by atoms with Crippen molar-refractivity contribution in [3.05, 3.63) is 45.7 Å². The number of carbonyl (C=O) groups is 1. The minimum Gasteiger partial charge on any atom is -0.378 e. The number of anilines is 1. The second-order valence-corrected chi connectivity index (χ2v) is 9.52. The van der Waals surface area contributed by atoms with E-state index in [1.807, 2.05) is 0 Å². The summed E-state index contributed by atoms with van der Waals surface area (Å²) in [4.78, 5) is 14.1. The van der Waals surface area contributed by atoms with Gasteiger partial charge in [-0.2, -0.15) is 0 Å². The number of nitrogens with zero attached hydrogens (tertiary/aromatic N) is 1. The second kappa shape index (κ2) is 7.22. The van der Waals surface area contributed by atoms with Gasteiger partial charge in [-0.25, -0.2) is 8.42 Å². The number of hydrogen-bond donors (Lipinski definition) is 1. The maximum absolute atomic E-state index is 12.3. The van der Waals surface area contributed by atoms with Crippen LogP contribution >= 0.6 is 27.3 Å². The quantitative estimate of drug-likeness (QED) is 0.808. The monoisotopic (exact) mass is 430 g/mol. The predicted octanol–water partition coefficient (Wildman–Crippen LogP) is 2.78. The van der Waals surface area contributed by atoms with Gasteiger partial charge in [-0.15, -0.1) is 11.3 Å². The summed E-state index contributed by atoms with van der Waals surface area (Å²) in [6, 6.07) is 9.65. The van der Waals surface area contributed by atoms with Crippen LogP contribution < -0.4 is 4.72 Å². The lowest BCUT2D eigenvalue weighted by atomic mass is 10.2. The van der Waals surface area contributed by atoms with Crippen molar-refractivity contribution in [2.45, 2.75) is 4.21 Å². The molecule has 0 spiro atoms. The van der Waals surface area contributed by atoms with Crippen LogP contribution in [0.4, 0.5) is 5.69 Å². The highest BCUT2D eigenvalue weighted by molar-refractivity contribution is 9.11. The fourth-order valence-corrected chi connectivity index (χ4v) is 5.35. The van der Waals surface area contributed by atoms with Gasteiger partial charge in [-0.1, -0.05) is 0 Å². The first-order valence-electron chi connectivity index (χ1n) is 7.21. The highest BCUT2D eigenvalue weighted by Crippen LogP contribution is 2.27. The molecule has 1 aliphatic heterocycles. The summed E-state index contributed by atoms with van der Waals surface area (Å²) in [6.45, 7) is 2.22. The molecule has 1 saturated heterocycles. The van der Waals surface area contributed by atoms with Gasteiger partial charge in [0.1, 0.15) is 4.21 Å². The molecule has 6 nitrogen and oxygen atoms in total. The molecular formula is C15H15BrN2O4S2. The lowest BCUT2D eigenvalue weighted by Gasteiger charge is -2.26. The zero-order valence-electron chi connectivity index (χ0n) is 12.6. The fraction of sp³-hybridized carbons (Fsp3) is 0.267. The molecule has 0 atom stereocenters. The smallest absolute Gasteiger partial charge is 0.271 e. The topological polar surface area (TPSA) is 75.7 Å². The number of hydrogen-bond acceptors (Lipinski definition) is 5. The fourth-order valence-electron chi connectivity index (χ4n) is 2.28. The molecule has 0 unspecified atom stereocenters. The van der Waals surface area contributed by atoms with E-state index in [4.69, 9.17) is 4.74 Å². The van der Waals surface area contributed by atoms with Gasteiger partial charge in [0.2, 0.25) is 0 Å². The van der Waals surface area contributed by atoms with Gasteiger partial charge < -0.3 is 9.64 Å². The first-order chi connectivity index (χ1) is 11.5. The number of sulfonamides is 1. The van der Waals surface area contributed by atoms with Crippen LogP contribution in [-0.2, 0) is 14.8 Å². The number of ether oxygens (including phenoxy) is 1. The van der Waals surface area contributed by atoms with Crippen molar-refractivity contribution in [1.82, 2.24) is 4.90 Å². The van der Waals surface area contributed by atoms with Gasteiger partial charge in [0.25, 0.3) is 15.9 Å². The Labute approximate surface area is 152 Å². The van der Waals surface area contributed by atoms with Gasteiger partial charge in [0.15, 0.2) is 0 Å². The molecule has 1 N–H and O–H groups in total. The average Bonchev–Trinajstić information content (AvgIpc) is 3.03. The summed E-state index contributed by atoms with van der Waals surface area (Å²) >= 11 is 4.38. The maximum Gasteiger partial charge on any atom is 0.271 e. The summed E-state index contributed by atoms with van der Waals surface area (Å²) in [7, 11) is -3.62. The largest absolute Gasteiger partial charge is 0.378 e. The van der Waals surface area contributed by atoms with Crippen LogP contribution in [-0.4, -0.2) is 45.5 Å². The molecule has 128 valence electrons. The van der Waals surface area contributed by atoms with Crippen molar-refractivity contribution in [2.24, 2.45) is 0 Å². The lowest BCUT2D eigenvalue weighted by molar-refractivity contribution is 0.0303. The van der Waals surface area contributed by atoms with E-state index in [9.17, 15) is 13.2 Å². The Morgan fingerprint density at radius 2 is 1.79 bits per heavy atom. The van der Waals surface area contributed by atoms with Crippen molar-refractivity contribution < 1.29 is 17.9 Å². The summed E-state index contributed by atoms with van der Waals surface area (Å²) in [6.07, 6.45) is 0. The van der Waals surface area contributed by atoms with E-state index in [2.05, 4.69) is 20.7 Å². The third kappa shape index (κ3) is 3.97. The zero-order valence-corrected chi connectivity index (χ0v) is 15.8. The van der Waals surface area contributed by atoms with E-state index in [0.29, 0.717) is 37.6 Å². The van der Waals surface area contributed by atoms with Crippen LogP contribution in [0.15, 0.2) is 44.4 Å². The summed E-state index contributed by atoms with van der Waals surface area (Å²) < 4.78 is 33.3. The van der Waals surface area contributed by atoms with Crippen LogP contribution in [0, 0.1) is 0 Å². The molecule has 1 aromatic heterocycles. The van der Waals surface area contributed by atoms with Crippen LogP contribution in [0.2, 0.25) is 0 Å². The minimum atomic E-state index is -3.62. The highest BCUT2D eigenvalue weighted by atomic mass is 79.9. The standard InChI is InChI=1S/C15H15BrN2O4S2/c16-13-5-6-14(23-13)24(20,21)17-12-3-1-11(2-4-12)15(19)18-7-9-22-10-8-18/h1-6,17H,7-10H2. The molecule has 0 radical (unpaired) electrons. The van der Waals surface area contributed by atoms with Crippen molar-refractivity contribution >= 4 is 48.9 Å². The zero-order chi connectivity index (χ0) is 17.2. The molecule has 1 aromatic carbocycles. The Bertz CT molecular complexity index is 827. The molecule has 0 bridgehead atoms. The third-order valence-corrected chi connectivity index (χ3v) is 6.99. The van der Waals surface area contributed by atoms with E-state index in [1.165, 1.54) is 6.07 Å². The van der Waals surface area contributed by atoms with Crippen molar-refractivity contribution in [3.63, 3.8) is 0 Å². The first-order valence-corrected chi connectivity index (χ1v) is 10.3. The van der Waals surface area contributed by atoms with Gasteiger partial charge in [-0.3, -0.25) is 9.52 Å². The van der Waals surface area contributed by atoms with Gasteiger partial charge in [-0.05, 0) is 52.3 Å². The molecule has 2 heterocycles. The lowest BCUT2D eigenvalue weighted by Crippen LogP contribution is -2.40. The maximum atomic E-state index is 12.3. The molecule has 9 heteroatoms. The third-order valence-electron chi connectivity index (χ3n) is 3.50. The number of morpholine rings is 1. The van der Waals surface area contributed by atoms with E-state index >= 15 is 0 Å². The first kappa shape index (κ1) is 17.4. The van der Waals surface area contributed by atoms with Gasteiger partial charge >= 0.3 is 0 Å². The minimum absolute atomic E-state index is 0.0742. The Hall–Kier alpha value is -1.42. The Morgan fingerprint density at radius 3 is 2.38 bits per heavy atom. The number of rotatable bonds is 4. The molecular weight excluding hydrogens is 416 g/mol. The van der Waals surface area contributed by atoms with E-state index in [-0.39, 0.29) is 10.1 Å². The van der Waals surface area contributed by atoms with E-state index in [0.717, 1.165) is 15.1 Å². The van der Waals surface area contributed by atoms with Crippen molar-refractivity contribution in [2.75, 3.05) is 31.0 Å². The van der Waals surface area contributed by atoms with Crippen LogP contribution in [0.5, 0.6) is 0 Å². The number of halogens is 1. The number of amides is 1. The van der Waals surface area contributed by atoms with E-state index < -0.39 is 10.0 Å². The molecule has 2 aromatic rings. The summed E-state index contributed by atoms with van der Waals surface area (Å²) in [5.74, 6) is -0.0742. The number of benzene rings is 1. The number of thiophene rings is 1. The highest BCUT2D eigenvalue weighted by Gasteiger charge is 2.19. The molecule has 0 saturated carbocycles. The molecule has 24 heavy (non-hydrogen) atoms. The molecule has 0 aliphatic carbocycles. The van der Waals surface area contributed by atoms with Crippen LogP contribution in [0.25, 0.3) is 0 Å². The van der Waals surface area contributed by atoms with Crippen molar-refractivity contribution in [1.29, 1.82) is 0 Å². The molecule has 3 rings (SSSR count). The Morgan fingerprint density at radius 1 is 1.12 bits per heavy atom. The number of carbonyl (C=O) groups excluding carboxylic acids is 1. The summed E-state index contributed by atoms with van der Waals surface area (Å²) in [5.41, 5.74) is 0.941. The van der Waals surface area contributed by atoms with Gasteiger partial charge in [0.05, 0.1) is 17.0 Å². The Balaban J connectivity index is 1.71. The normalized spacial score (nSPS) is 15.3. The predicted molar refractivity (Wildman–Crippen MR) is 96.0 cm³/mol. The van der Waals surface area contributed by atoms with Crippen molar-refractivity contribution in [3.8, 4) is 0 Å². The van der Waals surface area contributed by atoms with Gasteiger partial charge in [0, 0.05) is 24.3 Å². The SMILES string of the molecule is O=C(c1ccc(NS(=O)(=O)c2ccc(Br)s2)cc1)N1CCOCC1. The number of nitrogens with one attached hydrogen (secondary N) is 1. The van der Waals surface area contributed by atoms with E-state index in [1.54, 1.807) is 35.2 Å². The molecule has 1 aliphatic rings. The second-order valence-electron chi connectivity index (χ2n) is 5.15. The summed E-state index contributed by atoms with van der Waals surface area (Å²) in [5, 5.41) is 0.